The maximum Gasteiger partial charge on any atom is 0.417 e. The Balaban J connectivity index is 0.000000441. The fraction of sp³-hybridized carbons (Fsp3) is 0.818. The van der Waals surface area contributed by atoms with Gasteiger partial charge in [-0.15, -0.1) is 0 Å². The van der Waals surface area contributed by atoms with Crippen molar-refractivity contribution in [2.24, 2.45) is 5.92 Å². The molecule has 0 amide bonds. The minimum atomic E-state index is -0.927. The van der Waals surface area contributed by atoms with E-state index in [4.69, 9.17) is 0 Å². The summed E-state index contributed by atoms with van der Waals surface area (Å²) in [5.74, 6) is -2.88. The Hall–Kier alpha value is -1.44. The third-order valence-electron chi connectivity index (χ3n) is 4.70. The highest BCUT2D eigenvalue weighted by molar-refractivity contribution is 9.09. The van der Waals surface area contributed by atoms with Gasteiger partial charge in [0.05, 0.1) is 19.8 Å². The summed E-state index contributed by atoms with van der Waals surface area (Å²) in [7, 11) is 0. The normalized spacial score (nSPS) is 16.7. The van der Waals surface area contributed by atoms with E-state index in [2.05, 4.69) is 30.1 Å². The highest BCUT2D eigenvalue weighted by atomic mass is 79.9. The zero-order chi connectivity index (χ0) is 22.8. The van der Waals surface area contributed by atoms with Gasteiger partial charge >= 0.3 is 17.9 Å². The van der Waals surface area contributed by atoms with Crippen molar-refractivity contribution in [1.29, 1.82) is 0 Å². The monoisotopic (exact) mass is 492 g/mol. The molecule has 0 heterocycles. The van der Waals surface area contributed by atoms with Gasteiger partial charge in [-0.1, -0.05) is 54.5 Å². The molecular formula is C22H37BrO7. The second-order valence-corrected chi connectivity index (χ2v) is 8.39. The van der Waals surface area contributed by atoms with Crippen LogP contribution in [0.25, 0.3) is 0 Å². The van der Waals surface area contributed by atoms with E-state index in [-0.39, 0.29) is 31.5 Å². The molecule has 30 heavy (non-hydrogen) atoms. The number of halogens is 1. The van der Waals surface area contributed by atoms with Crippen molar-refractivity contribution in [1.82, 2.24) is 0 Å². The number of carbonyl (C=O) groups excluding carboxylic acids is 4. The standard InChI is InChI=1S/C10H16O3.C6H11Br.C6H10O4/c1-2-13-10(12)9(11)8-6-4-3-5-7-8;7-6-4-2-1-3-5-6;1-3-9-5(7)6(8)10-4-2/h8H,2-7H2,1H3;6H,1-5H2;3-4H2,1-2H3. The number of hydrogen-bond acceptors (Lipinski definition) is 7. The Morgan fingerprint density at radius 3 is 1.33 bits per heavy atom. The van der Waals surface area contributed by atoms with Gasteiger partial charge in [0.2, 0.25) is 5.78 Å². The van der Waals surface area contributed by atoms with Crippen LogP contribution in [0.1, 0.15) is 85.0 Å². The van der Waals surface area contributed by atoms with Gasteiger partial charge in [0.25, 0.3) is 0 Å². The van der Waals surface area contributed by atoms with Gasteiger partial charge < -0.3 is 14.2 Å². The Morgan fingerprint density at radius 2 is 1.00 bits per heavy atom. The van der Waals surface area contributed by atoms with Gasteiger partial charge in [0, 0.05) is 10.7 Å². The van der Waals surface area contributed by atoms with Gasteiger partial charge in [0.15, 0.2) is 0 Å². The van der Waals surface area contributed by atoms with E-state index >= 15 is 0 Å². The predicted molar refractivity (Wildman–Crippen MR) is 117 cm³/mol. The van der Waals surface area contributed by atoms with Crippen LogP contribution >= 0.6 is 15.9 Å². The van der Waals surface area contributed by atoms with Crippen LogP contribution in [0, 0.1) is 5.92 Å². The molecule has 0 unspecified atom stereocenters. The first kappa shape index (κ1) is 28.6. The highest BCUT2D eigenvalue weighted by Crippen LogP contribution is 2.24. The van der Waals surface area contributed by atoms with Crippen molar-refractivity contribution >= 4 is 39.6 Å². The lowest BCUT2D eigenvalue weighted by Crippen LogP contribution is -2.27. The fourth-order valence-electron chi connectivity index (χ4n) is 3.17. The van der Waals surface area contributed by atoms with E-state index in [1.165, 1.54) is 38.5 Å². The average Bonchev–Trinajstić information content (AvgIpc) is 2.76. The molecule has 0 spiro atoms. The van der Waals surface area contributed by atoms with Crippen LogP contribution in [0.15, 0.2) is 0 Å². The predicted octanol–water partition coefficient (Wildman–Crippen LogP) is 4.53. The number of Topliss-reactive ketones (excluding diaryl/α,β-unsaturated/α-hetero) is 1. The topological polar surface area (TPSA) is 96.0 Å². The number of esters is 3. The van der Waals surface area contributed by atoms with Crippen LogP contribution in [-0.2, 0) is 33.4 Å². The van der Waals surface area contributed by atoms with Gasteiger partial charge in [-0.25, -0.2) is 14.4 Å². The summed E-state index contributed by atoms with van der Waals surface area (Å²) in [5, 5.41) is 0. The second kappa shape index (κ2) is 18.3. The second-order valence-electron chi connectivity index (χ2n) is 7.10. The minimum Gasteiger partial charge on any atom is -0.460 e. The van der Waals surface area contributed by atoms with Gasteiger partial charge in [-0.2, -0.15) is 0 Å². The molecule has 0 N–H and O–H groups in total. The maximum atomic E-state index is 11.4. The molecular weight excluding hydrogens is 456 g/mol. The summed E-state index contributed by atoms with van der Waals surface area (Å²) in [6, 6.07) is 0. The number of ketones is 1. The summed E-state index contributed by atoms with van der Waals surface area (Å²) >= 11 is 3.59. The molecule has 2 saturated carbocycles. The largest absolute Gasteiger partial charge is 0.460 e. The SMILES string of the molecule is BrC1CCCCC1.CCOC(=O)C(=O)C1CCCCC1.CCOC(=O)C(=O)OCC. The van der Waals surface area contributed by atoms with Crippen LogP contribution in [-0.4, -0.2) is 48.3 Å². The zero-order valence-electron chi connectivity index (χ0n) is 18.6. The lowest BCUT2D eigenvalue weighted by Gasteiger charge is -2.18. The van der Waals surface area contributed by atoms with Crippen LogP contribution in [0.2, 0.25) is 0 Å². The van der Waals surface area contributed by atoms with E-state index in [1.54, 1.807) is 20.8 Å². The lowest BCUT2D eigenvalue weighted by molar-refractivity contribution is -0.167. The van der Waals surface area contributed by atoms with Crippen molar-refractivity contribution in [3.05, 3.63) is 0 Å². The number of ether oxygens (including phenoxy) is 3. The molecule has 0 aliphatic heterocycles. The Kier molecular flexibility index (Phi) is 17.5. The third kappa shape index (κ3) is 13.7. The minimum absolute atomic E-state index is 0.0622. The molecule has 2 fully saturated rings. The maximum absolute atomic E-state index is 11.4. The molecule has 7 nitrogen and oxygen atoms in total. The first-order chi connectivity index (χ1) is 14.4. The van der Waals surface area contributed by atoms with Crippen LogP contribution in [0.5, 0.6) is 0 Å². The molecule has 0 radical (unpaired) electrons. The van der Waals surface area contributed by atoms with Gasteiger partial charge in [0.1, 0.15) is 0 Å². The van der Waals surface area contributed by atoms with Crippen LogP contribution in [0.3, 0.4) is 0 Å². The molecule has 2 aliphatic carbocycles. The zero-order valence-corrected chi connectivity index (χ0v) is 20.2. The molecule has 0 atom stereocenters. The molecule has 8 heteroatoms. The molecule has 0 aromatic carbocycles. The van der Waals surface area contributed by atoms with E-state index in [0.29, 0.717) is 0 Å². The number of rotatable bonds is 5. The fourth-order valence-corrected chi connectivity index (χ4v) is 3.81. The molecule has 2 aliphatic rings. The quantitative estimate of drug-likeness (QED) is 0.240. The molecule has 0 saturated heterocycles. The number of hydrogen-bond donors (Lipinski definition) is 0. The van der Waals surface area contributed by atoms with Crippen molar-refractivity contribution in [2.45, 2.75) is 89.8 Å². The van der Waals surface area contributed by atoms with Crippen molar-refractivity contribution in [3.63, 3.8) is 0 Å². The molecule has 0 bridgehead atoms. The third-order valence-corrected chi connectivity index (χ3v) is 5.62. The summed E-state index contributed by atoms with van der Waals surface area (Å²) < 4.78 is 13.4. The molecule has 0 aromatic rings. The van der Waals surface area contributed by atoms with Crippen molar-refractivity contribution < 1.29 is 33.4 Å². The number of carbonyl (C=O) groups is 4. The van der Waals surface area contributed by atoms with Gasteiger partial charge in [-0.3, -0.25) is 4.79 Å². The first-order valence-electron chi connectivity index (χ1n) is 11.1. The summed E-state index contributed by atoms with van der Waals surface area (Å²) in [4.78, 5) is 44.2. The summed E-state index contributed by atoms with van der Waals surface area (Å²) in [5.41, 5.74) is 0. The molecule has 174 valence electrons. The van der Waals surface area contributed by atoms with E-state index in [9.17, 15) is 19.2 Å². The Bertz CT molecular complexity index is 494. The lowest BCUT2D eigenvalue weighted by atomic mass is 9.86. The highest BCUT2D eigenvalue weighted by Gasteiger charge is 2.27. The molecule has 2 rings (SSSR count). The molecule has 0 aromatic heterocycles. The van der Waals surface area contributed by atoms with Crippen LogP contribution < -0.4 is 0 Å². The van der Waals surface area contributed by atoms with E-state index in [0.717, 1.165) is 30.5 Å². The van der Waals surface area contributed by atoms with E-state index < -0.39 is 17.9 Å². The number of alkyl halides is 1. The van der Waals surface area contributed by atoms with E-state index in [1.807, 2.05) is 0 Å². The van der Waals surface area contributed by atoms with Crippen molar-refractivity contribution in [3.8, 4) is 0 Å². The first-order valence-corrected chi connectivity index (χ1v) is 12.0. The van der Waals surface area contributed by atoms with Crippen LogP contribution in [0.4, 0.5) is 0 Å². The Labute approximate surface area is 188 Å². The van der Waals surface area contributed by atoms with Crippen molar-refractivity contribution in [2.75, 3.05) is 19.8 Å². The summed E-state index contributed by atoms with van der Waals surface area (Å²) in [6.07, 6.45) is 12.2. The van der Waals surface area contributed by atoms with Gasteiger partial charge in [-0.05, 0) is 46.5 Å². The average molecular weight is 493 g/mol. The smallest absolute Gasteiger partial charge is 0.417 e. The summed E-state index contributed by atoms with van der Waals surface area (Å²) in [6.45, 7) is 5.63. The Morgan fingerprint density at radius 1 is 0.633 bits per heavy atom.